The summed E-state index contributed by atoms with van der Waals surface area (Å²) in [5.41, 5.74) is 1.36. The van der Waals surface area contributed by atoms with Gasteiger partial charge in [0.05, 0.1) is 12.4 Å². The molecule has 0 N–H and O–H groups in total. The highest BCUT2D eigenvalue weighted by molar-refractivity contribution is 7.99. The number of benzene rings is 1. The Bertz CT molecular complexity index is 432. The van der Waals surface area contributed by atoms with E-state index in [0.29, 0.717) is 0 Å². The monoisotopic (exact) mass is 230 g/mol. The van der Waals surface area contributed by atoms with Crippen LogP contribution in [0.1, 0.15) is 5.56 Å². The third kappa shape index (κ3) is 3.13. The molecule has 0 amide bonds. The Balaban J connectivity index is 0.000000138. The summed E-state index contributed by atoms with van der Waals surface area (Å²) < 4.78 is 0. The number of fused-ring (bicyclic) bond motifs is 1. The Morgan fingerprint density at radius 2 is 1.75 bits per heavy atom. The van der Waals surface area contributed by atoms with Gasteiger partial charge in [-0.05, 0) is 22.1 Å². The molecule has 0 bridgehead atoms. The molecule has 2 heterocycles. The Morgan fingerprint density at radius 3 is 2.38 bits per heavy atom. The molecule has 0 aliphatic carbocycles. The summed E-state index contributed by atoms with van der Waals surface area (Å²) in [6, 6.07) is 8.49. The topological polar surface area (TPSA) is 51.6 Å². The van der Waals surface area contributed by atoms with Crippen LogP contribution < -0.4 is 0 Å². The van der Waals surface area contributed by atoms with Gasteiger partial charge < -0.3 is 0 Å². The van der Waals surface area contributed by atoms with E-state index >= 15 is 0 Å². The minimum atomic E-state index is 1.12. The molecule has 5 heteroatoms. The average molecular weight is 230 g/mol. The summed E-state index contributed by atoms with van der Waals surface area (Å²) in [6.45, 7) is 0. The second-order valence-electron chi connectivity index (χ2n) is 2.96. The summed E-state index contributed by atoms with van der Waals surface area (Å²) in [4.78, 5) is 1.41. The zero-order chi connectivity index (χ0) is 11.1. The van der Waals surface area contributed by atoms with Gasteiger partial charge in [-0.3, -0.25) is 0 Å². The maximum absolute atomic E-state index is 3.36. The fourth-order valence-corrected chi connectivity index (χ4v) is 2.08. The maximum atomic E-state index is 3.36. The molecule has 80 valence electrons. The van der Waals surface area contributed by atoms with Crippen LogP contribution in [0.2, 0.25) is 0 Å². The molecule has 4 nitrogen and oxygen atoms in total. The van der Waals surface area contributed by atoms with Crippen LogP contribution in [-0.4, -0.2) is 26.4 Å². The van der Waals surface area contributed by atoms with E-state index in [0.717, 1.165) is 5.75 Å². The Morgan fingerprint density at radius 1 is 1.00 bits per heavy atom. The van der Waals surface area contributed by atoms with Gasteiger partial charge in [0.15, 0.2) is 0 Å². The highest BCUT2D eigenvalue weighted by Crippen LogP contribution is 2.27. The van der Waals surface area contributed by atoms with Gasteiger partial charge in [0, 0.05) is 10.6 Å². The number of rotatable bonds is 0. The lowest BCUT2D eigenvalue weighted by Crippen LogP contribution is -1.84. The molecule has 0 atom stereocenters. The molecule has 1 aliphatic heterocycles. The fraction of sp³-hybridized carbons (Fsp3) is 0.0909. The van der Waals surface area contributed by atoms with Crippen LogP contribution in [0, 0.1) is 0 Å². The molecule has 0 saturated carbocycles. The highest BCUT2D eigenvalue weighted by atomic mass is 32.2. The van der Waals surface area contributed by atoms with E-state index in [2.05, 4.69) is 57.0 Å². The SMILES string of the molecule is C1=Cc2ccccc2SC1.c1cnnnn1. The maximum Gasteiger partial charge on any atom is 0.0716 e. The molecule has 0 saturated heterocycles. The van der Waals surface area contributed by atoms with Crippen molar-refractivity contribution in [3.8, 4) is 0 Å². The molecule has 16 heavy (non-hydrogen) atoms. The van der Waals surface area contributed by atoms with Gasteiger partial charge in [-0.1, -0.05) is 30.4 Å². The second-order valence-corrected chi connectivity index (χ2v) is 4.02. The minimum Gasteiger partial charge on any atom is -0.136 e. The van der Waals surface area contributed by atoms with E-state index in [-0.39, 0.29) is 0 Å². The van der Waals surface area contributed by atoms with Gasteiger partial charge in [-0.15, -0.1) is 22.0 Å². The first-order chi connectivity index (χ1) is 7.97. The van der Waals surface area contributed by atoms with Crippen LogP contribution in [0.3, 0.4) is 0 Å². The lowest BCUT2D eigenvalue weighted by molar-refractivity contribution is 0.761. The lowest BCUT2D eigenvalue weighted by atomic mass is 10.2. The first kappa shape index (κ1) is 10.8. The first-order valence-electron chi connectivity index (χ1n) is 4.80. The van der Waals surface area contributed by atoms with Crippen molar-refractivity contribution in [1.82, 2.24) is 20.6 Å². The van der Waals surface area contributed by atoms with Crippen molar-refractivity contribution in [3.05, 3.63) is 48.3 Å². The average Bonchev–Trinajstić information content (AvgIpc) is 2.42. The van der Waals surface area contributed by atoms with E-state index in [1.807, 2.05) is 11.8 Å². The summed E-state index contributed by atoms with van der Waals surface area (Å²) >= 11 is 1.90. The van der Waals surface area contributed by atoms with Crippen LogP contribution >= 0.6 is 11.8 Å². The van der Waals surface area contributed by atoms with Crippen molar-refractivity contribution in [1.29, 1.82) is 0 Å². The Hall–Kier alpha value is -1.75. The van der Waals surface area contributed by atoms with Gasteiger partial charge in [-0.25, -0.2) is 0 Å². The predicted octanol–water partition coefficient (Wildman–Crippen LogP) is 2.07. The van der Waals surface area contributed by atoms with Crippen LogP contribution in [0.5, 0.6) is 0 Å². The number of thioether (sulfide) groups is 1. The van der Waals surface area contributed by atoms with Crippen LogP contribution in [0.25, 0.3) is 6.08 Å². The number of hydrogen-bond acceptors (Lipinski definition) is 5. The lowest BCUT2D eigenvalue weighted by Gasteiger charge is -2.07. The molecule has 2 aromatic rings. The molecular formula is C11H10N4S. The van der Waals surface area contributed by atoms with E-state index in [4.69, 9.17) is 0 Å². The molecular weight excluding hydrogens is 220 g/mol. The Labute approximate surface area is 97.8 Å². The zero-order valence-electron chi connectivity index (χ0n) is 8.52. The third-order valence-electron chi connectivity index (χ3n) is 1.89. The van der Waals surface area contributed by atoms with Crippen molar-refractivity contribution in [2.45, 2.75) is 4.90 Å². The molecule has 1 aromatic carbocycles. The van der Waals surface area contributed by atoms with Gasteiger partial charge in [0.1, 0.15) is 0 Å². The van der Waals surface area contributed by atoms with Gasteiger partial charge in [0.25, 0.3) is 0 Å². The molecule has 3 rings (SSSR count). The van der Waals surface area contributed by atoms with Crippen molar-refractivity contribution in [2.24, 2.45) is 0 Å². The van der Waals surface area contributed by atoms with Gasteiger partial charge in [0.2, 0.25) is 0 Å². The van der Waals surface area contributed by atoms with E-state index in [9.17, 15) is 0 Å². The van der Waals surface area contributed by atoms with Crippen molar-refractivity contribution >= 4 is 17.8 Å². The van der Waals surface area contributed by atoms with Gasteiger partial charge >= 0.3 is 0 Å². The standard InChI is InChI=1S/C9H8S.C2H2N4/c1-2-6-9-8(4-1)5-3-7-10-9;1-2-4-6-5-3-1/h1-6H,7H2;1-2H. The smallest absolute Gasteiger partial charge is 0.0716 e. The summed E-state index contributed by atoms with van der Waals surface area (Å²) in [5, 5.41) is 13.1. The Kier molecular flexibility index (Phi) is 4.01. The minimum absolute atomic E-state index is 1.12. The molecule has 0 fully saturated rings. The summed E-state index contributed by atoms with van der Waals surface area (Å²) in [5.74, 6) is 1.12. The normalized spacial score (nSPS) is 12.2. The zero-order valence-corrected chi connectivity index (χ0v) is 9.34. The summed E-state index contributed by atoms with van der Waals surface area (Å²) in [7, 11) is 0. The predicted molar refractivity (Wildman–Crippen MR) is 63.8 cm³/mol. The van der Waals surface area contributed by atoms with Crippen LogP contribution in [-0.2, 0) is 0 Å². The summed E-state index contributed by atoms with van der Waals surface area (Å²) in [6.07, 6.45) is 7.32. The second kappa shape index (κ2) is 5.97. The number of aromatic nitrogens is 4. The van der Waals surface area contributed by atoms with Crippen LogP contribution in [0.4, 0.5) is 0 Å². The highest BCUT2D eigenvalue weighted by Gasteiger charge is 2.00. The molecule has 0 unspecified atom stereocenters. The molecule has 1 aliphatic rings. The number of nitrogens with zero attached hydrogens (tertiary/aromatic N) is 4. The van der Waals surface area contributed by atoms with E-state index in [1.165, 1.54) is 22.9 Å². The fourth-order valence-electron chi connectivity index (χ4n) is 1.23. The third-order valence-corrected chi connectivity index (χ3v) is 2.94. The molecule has 1 aromatic heterocycles. The van der Waals surface area contributed by atoms with Crippen molar-refractivity contribution in [3.63, 3.8) is 0 Å². The van der Waals surface area contributed by atoms with E-state index in [1.54, 1.807) is 0 Å². The van der Waals surface area contributed by atoms with Crippen molar-refractivity contribution < 1.29 is 0 Å². The van der Waals surface area contributed by atoms with E-state index < -0.39 is 0 Å². The molecule has 0 radical (unpaired) electrons. The van der Waals surface area contributed by atoms with Gasteiger partial charge in [-0.2, -0.15) is 0 Å². The molecule has 0 spiro atoms. The van der Waals surface area contributed by atoms with Crippen LogP contribution in [0.15, 0.2) is 47.6 Å². The quantitative estimate of drug-likeness (QED) is 0.693. The largest absolute Gasteiger partial charge is 0.136 e. The first-order valence-corrected chi connectivity index (χ1v) is 5.79. The van der Waals surface area contributed by atoms with Crippen molar-refractivity contribution in [2.75, 3.05) is 5.75 Å². The number of hydrogen-bond donors (Lipinski definition) is 0.